The van der Waals surface area contributed by atoms with Gasteiger partial charge in [0, 0.05) is 24.6 Å². The number of carboxylic acids is 1. The summed E-state index contributed by atoms with van der Waals surface area (Å²) in [6, 6.07) is 9.09. The molecule has 0 aliphatic carbocycles. The number of nitrogens with zero attached hydrogens (tertiary/aromatic N) is 2. The van der Waals surface area contributed by atoms with Gasteiger partial charge in [0.2, 0.25) is 0 Å². The third-order valence-corrected chi connectivity index (χ3v) is 4.41. The molecule has 23 heavy (non-hydrogen) atoms. The number of aliphatic hydroxyl groups is 1. The number of aromatic carboxylic acids is 1. The van der Waals surface area contributed by atoms with Crippen molar-refractivity contribution in [2.24, 2.45) is 5.92 Å². The highest BCUT2D eigenvalue weighted by Gasteiger charge is 2.37. The average molecular weight is 316 g/mol. The van der Waals surface area contributed by atoms with E-state index in [9.17, 15) is 15.0 Å². The summed E-state index contributed by atoms with van der Waals surface area (Å²) >= 11 is 0. The van der Waals surface area contributed by atoms with E-state index in [0.29, 0.717) is 24.5 Å². The lowest BCUT2D eigenvalue weighted by molar-refractivity contribution is 0.0263. The van der Waals surface area contributed by atoms with Crippen LogP contribution in [0.25, 0.3) is 11.3 Å². The van der Waals surface area contributed by atoms with Crippen LogP contribution in [0.15, 0.2) is 34.9 Å². The van der Waals surface area contributed by atoms with Crippen molar-refractivity contribution in [3.63, 3.8) is 0 Å². The number of hydrogen-bond donors (Lipinski definition) is 2. The molecule has 1 aromatic carbocycles. The zero-order valence-corrected chi connectivity index (χ0v) is 13.2. The molecule has 1 aromatic heterocycles. The van der Waals surface area contributed by atoms with Gasteiger partial charge in [-0.3, -0.25) is 0 Å². The smallest absolute Gasteiger partial charge is 0.343 e. The highest BCUT2D eigenvalue weighted by molar-refractivity contribution is 5.99. The summed E-state index contributed by atoms with van der Waals surface area (Å²) in [5.74, 6) is -0.393. The van der Waals surface area contributed by atoms with Crippen molar-refractivity contribution in [1.29, 1.82) is 0 Å². The van der Waals surface area contributed by atoms with Crippen molar-refractivity contribution < 1.29 is 19.5 Å². The molecule has 6 nitrogen and oxygen atoms in total. The molecule has 3 rings (SSSR count). The second-order valence-corrected chi connectivity index (χ2v) is 6.47. The Kier molecular flexibility index (Phi) is 3.85. The van der Waals surface area contributed by atoms with Crippen molar-refractivity contribution in [1.82, 2.24) is 5.16 Å². The molecule has 0 radical (unpaired) electrons. The standard InChI is InChI=1S/C17H20N2O4/c1-17(2,22)12-8-9-19(10-12)15-13(16(20)21)14(23-18-15)11-6-4-3-5-7-11/h3-7,12,22H,8-10H2,1-2H3,(H,20,21). The Balaban J connectivity index is 1.96. The second kappa shape index (κ2) is 5.70. The lowest BCUT2D eigenvalue weighted by Crippen LogP contribution is -2.33. The van der Waals surface area contributed by atoms with Gasteiger partial charge in [-0.15, -0.1) is 0 Å². The molecule has 1 aliphatic rings. The average Bonchev–Trinajstić information content (AvgIpc) is 3.14. The van der Waals surface area contributed by atoms with Gasteiger partial charge >= 0.3 is 5.97 Å². The Bertz CT molecular complexity index is 703. The lowest BCUT2D eigenvalue weighted by atomic mass is 9.90. The van der Waals surface area contributed by atoms with E-state index >= 15 is 0 Å². The molecule has 1 aliphatic heterocycles. The molecular weight excluding hydrogens is 296 g/mol. The van der Waals surface area contributed by atoms with E-state index in [0.717, 1.165) is 6.42 Å². The minimum atomic E-state index is -1.06. The van der Waals surface area contributed by atoms with Gasteiger partial charge in [-0.1, -0.05) is 35.5 Å². The Hall–Kier alpha value is -2.34. The van der Waals surface area contributed by atoms with E-state index in [-0.39, 0.29) is 17.2 Å². The summed E-state index contributed by atoms with van der Waals surface area (Å²) in [6.07, 6.45) is 0.788. The number of carboxylic acid groups (broad SMARTS) is 1. The number of rotatable bonds is 4. The maximum absolute atomic E-state index is 11.7. The number of aromatic nitrogens is 1. The maximum Gasteiger partial charge on any atom is 0.343 e. The fourth-order valence-corrected chi connectivity index (χ4v) is 3.01. The molecule has 1 atom stereocenters. The zero-order chi connectivity index (χ0) is 16.6. The van der Waals surface area contributed by atoms with Crippen molar-refractivity contribution >= 4 is 11.8 Å². The summed E-state index contributed by atoms with van der Waals surface area (Å²) in [7, 11) is 0. The van der Waals surface area contributed by atoms with Gasteiger partial charge in [-0.05, 0) is 20.3 Å². The van der Waals surface area contributed by atoms with Gasteiger partial charge in [0.05, 0.1) is 5.60 Å². The Morgan fingerprint density at radius 3 is 2.61 bits per heavy atom. The Morgan fingerprint density at radius 2 is 2.04 bits per heavy atom. The molecule has 0 spiro atoms. The minimum Gasteiger partial charge on any atom is -0.477 e. The molecule has 2 N–H and O–H groups in total. The summed E-state index contributed by atoms with van der Waals surface area (Å²) in [6.45, 7) is 4.76. The van der Waals surface area contributed by atoms with E-state index in [2.05, 4.69) is 5.16 Å². The third-order valence-electron chi connectivity index (χ3n) is 4.41. The van der Waals surface area contributed by atoms with Gasteiger partial charge in [0.15, 0.2) is 17.1 Å². The summed E-state index contributed by atoms with van der Waals surface area (Å²) in [4.78, 5) is 13.6. The largest absolute Gasteiger partial charge is 0.477 e. The van der Waals surface area contributed by atoms with Crippen molar-refractivity contribution in [3.05, 3.63) is 35.9 Å². The summed E-state index contributed by atoms with van der Waals surface area (Å²) in [5, 5.41) is 23.8. The lowest BCUT2D eigenvalue weighted by Gasteiger charge is -2.25. The highest BCUT2D eigenvalue weighted by atomic mass is 16.5. The molecule has 6 heteroatoms. The van der Waals surface area contributed by atoms with E-state index < -0.39 is 11.6 Å². The van der Waals surface area contributed by atoms with Crippen molar-refractivity contribution in [2.75, 3.05) is 18.0 Å². The molecule has 1 fully saturated rings. The number of anilines is 1. The predicted molar refractivity (Wildman–Crippen MR) is 85.5 cm³/mol. The number of hydrogen-bond acceptors (Lipinski definition) is 5. The predicted octanol–water partition coefficient (Wildman–Crippen LogP) is 2.64. The van der Waals surface area contributed by atoms with Gasteiger partial charge < -0.3 is 19.6 Å². The monoisotopic (exact) mass is 316 g/mol. The first kappa shape index (κ1) is 15.6. The second-order valence-electron chi connectivity index (χ2n) is 6.47. The maximum atomic E-state index is 11.7. The van der Waals surface area contributed by atoms with Gasteiger partial charge in [-0.25, -0.2) is 4.79 Å². The van der Waals surface area contributed by atoms with Crippen LogP contribution in [0.1, 0.15) is 30.6 Å². The molecule has 2 heterocycles. The SMILES string of the molecule is CC(C)(O)C1CCN(c2noc(-c3ccccc3)c2C(=O)O)C1. The minimum absolute atomic E-state index is 0.0704. The van der Waals surface area contributed by atoms with Crippen LogP contribution in [-0.4, -0.2) is 40.0 Å². The van der Waals surface area contributed by atoms with Crippen LogP contribution < -0.4 is 4.90 Å². The van der Waals surface area contributed by atoms with Crippen LogP contribution in [0.5, 0.6) is 0 Å². The fraction of sp³-hybridized carbons (Fsp3) is 0.412. The third kappa shape index (κ3) is 2.94. The first-order valence-electron chi connectivity index (χ1n) is 7.63. The number of carbonyl (C=O) groups is 1. The van der Waals surface area contributed by atoms with Crippen LogP contribution in [-0.2, 0) is 0 Å². The van der Waals surface area contributed by atoms with Crippen LogP contribution in [0.4, 0.5) is 5.82 Å². The molecule has 0 bridgehead atoms. The summed E-state index contributed by atoms with van der Waals surface area (Å²) < 4.78 is 5.34. The van der Waals surface area contributed by atoms with Gasteiger partial charge in [0.25, 0.3) is 0 Å². The first-order chi connectivity index (χ1) is 10.9. The zero-order valence-electron chi connectivity index (χ0n) is 13.2. The topological polar surface area (TPSA) is 86.8 Å². The quantitative estimate of drug-likeness (QED) is 0.901. The van der Waals surface area contributed by atoms with Crippen molar-refractivity contribution in [3.8, 4) is 11.3 Å². The van der Waals surface area contributed by atoms with E-state index in [1.807, 2.05) is 23.1 Å². The molecule has 122 valence electrons. The van der Waals surface area contributed by atoms with E-state index in [1.54, 1.807) is 26.0 Å². The molecule has 0 amide bonds. The van der Waals surface area contributed by atoms with Crippen LogP contribution in [0, 0.1) is 5.92 Å². The molecule has 2 aromatic rings. The first-order valence-corrected chi connectivity index (χ1v) is 7.63. The Labute approximate surface area is 134 Å². The van der Waals surface area contributed by atoms with Crippen LogP contribution in [0.3, 0.4) is 0 Å². The molecule has 1 unspecified atom stereocenters. The highest BCUT2D eigenvalue weighted by Crippen LogP contribution is 2.35. The van der Waals surface area contributed by atoms with E-state index in [1.165, 1.54) is 0 Å². The van der Waals surface area contributed by atoms with Crippen LogP contribution in [0.2, 0.25) is 0 Å². The van der Waals surface area contributed by atoms with Gasteiger partial charge in [0.1, 0.15) is 0 Å². The molecular formula is C17H20N2O4. The molecule has 1 saturated heterocycles. The Morgan fingerprint density at radius 1 is 1.35 bits per heavy atom. The number of benzene rings is 1. The van der Waals surface area contributed by atoms with E-state index in [4.69, 9.17) is 4.52 Å². The fourth-order valence-electron chi connectivity index (χ4n) is 3.01. The van der Waals surface area contributed by atoms with Gasteiger partial charge in [-0.2, -0.15) is 0 Å². The normalized spacial score (nSPS) is 18.4. The van der Waals surface area contributed by atoms with Crippen LogP contribution >= 0.6 is 0 Å². The van der Waals surface area contributed by atoms with Crippen molar-refractivity contribution in [2.45, 2.75) is 25.9 Å². The summed E-state index contributed by atoms with van der Waals surface area (Å²) in [5.41, 5.74) is -0.0427. The molecule has 0 saturated carbocycles.